The Morgan fingerprint density at radius 3 is 2.36 bits per heavy atom. The van der Waals surface area contributed by atoms with Crippen LogP contribution in [-0.2, 0) is 14.3 Å². The molecule has 0 aromatic heterocycles. The fraction of sp³-hybridized carbons (Fsp3) is 0.500. The van der Waals surface area contributed by atoms with E-state index in [-0.39, 0.29) is 11.3 Å². The molecule has 7 heteroatoms. The van der Waals surface area contributed by atoms with E-state index in [1.54, 1.807) is 31.4 Å². The van der Waals surface area contributed by atoms with Gasteiger partial charge >= 0.3 is 5.97 Å². The molecule has 1 saturated carbocycles. The minimum atomic E-state index is -1.10. The molecule has 1 aromatic carbocycles. The van der Waals surface area contributed by atoms with Gasteiger partial charge in [0.25, 0.3) is 5.91 Å². The minimum absolute atomic E-state index is 0.0208. The summed E-state index contributed by atoms with van der Waals surface area (Å²) in [6.45, 7) is 1.95. The Kier molecular flexibility index (Phi) is 6.14. The summed E-state index contributed by atoms with van der Waals surface area (Å²) in [4.78, 5) is 35.3. The van der Waals surface area contributed by atoms with E-state index in [2.05, 4.69) is 10.6 Å². The van der Waals surface area contributed by atoms with Crippen molar-refractivity contribution in [1.82, 2.24) is 5.32 Å². The number of hydrogen-bond donors (Lipinski definition) is 3. The van der Waals surface area contributed by atoms with Gasteiger partial charge in [-0.3, -0.25) is 14.4 Å². The highest BCUT2D eigenvalue weighted by atomic mass is 16.5. The van der Waals surface area contributed by atoms with E-state index in [0.717, 1.165) is 19.3 Å². The van der Waals surface area contributed by atoms with Crippen molar-refractivity contribution in [3.63, 3.8) is 0 Å². The van der Waals surface area contributed by atoms with E-state index in [9.17, 15) is 14.4 Å². The second-order valence-corrected chi connectivity index (χ2v) is 6.44. The predicted molar refractivity (Wildman–Crippen MR) is 92.4 cm³/mol. The topological polar surface area (TPSA) is 105 Å². The van der Waals surface area contributed by atoms with Gasteiger partial charge < -0.3 is 20.5 Å². The van der Waals surface area contributed by atoms with Crippen LogP contribution in [0.2, 0.25) is 0 Å². The third kappa shape index (κ3) is 4.57. The Morgan fingerprint density at radius 2 is 1.88 bits per heavy atom. The van der Waals surface area contributed by atoms with E-state index in [0.29, 0.717) is 24.3 Å². The maximum Gasteiger partial charge on any atom is 0.325 e. The number of aliphatic carboxylic acids is 1. The summed E-state index contributed by atoms with van der Waals surface area (Å²) in [5, 5.41) is 14.1. The number of rotatable bonds is 8. The van der Waals surface area contributed by atoms with Crippen molar-refractivity contribution in [1.29, 1.82) is 0 Å². The number of anilines is 1. The van der Waals surface area contributed by atoms with Gasteiger partial charge in [-0.1, -0.05) is 6.42 Å². The standard InChI is InChI=1S/C18H24N2O5/c1-12(16(22)23)19-15(21)13-4-6-14(7-5-13)20-17(24)18(8-3-9-18)10-11-25-2/h4-7,12H,3,8-11H2,1-2H3,(H,19,21)(H,20,24)(H,22,23). The fourth-order valence-corrected chi connectivity index (χ4v) is 2.80. The van der Waals surface area contributed by atoms with E-state index in [1.807, 2.05) is 0 Å². The van der Waals surface area contributed by atoms with Gasteiger partial charge in [-0.15, -0.1) is 0 Å². The molecule has 0 aliphatic heterocycles. The van der Waals surface area contributed by atoms with Crippen molar-refractivity contribution in [2.45, 2.75) is 38.6 Å². The lowest BCUT2D eigenvalue weighted by atomic mass is 9.66. The molecule has 1 unspecified atom stereocenters. The number of carbonyl (C=O) groups excluding carboxylic acids is 2. The van der Waals surface area contributed by atoms with Crippen LogP contribution in [0.5, 0.6) is 0 Å². The first-order chi connectivity index (χ1) is 11.9. The summed E-state index contributed by atoms with van der Waals surface area (Å²) in [6, 6.07) is 5.43. The summed E-state index contributed by atoms with van der Waals surface area (Å²) in [7, 11) is 1.62. The van der Waals surface area contributed by atoms with Crippen LogP contribution in [0.1, 0.15) is 43.0 Å². The van der Waals surface area contributed by atoms with Crippen LogP contribution in [0.25, 0.3) is 0 Å². The van der Waals surface area contributed by atoms with Crippen LogP contribution in [-0.4, -0.2) is 42.6 Å². The molecular weight excluding hydrogens is 324 g/mol. The molecule has 0 radical (unpaired) electrons. The fourth-order valence-electron chi connectivity index (χ4n) is 2.80. The number of methoxy groups -OCH3 is 1. The largest absolute Gasteiger partial charge is 0.480 e. The third-order valence-corrected chi connectivity index (χ3v) is 4.70. The average molecular weight is 348 g/mol. The molecule has 7 nitrogen and oxygen atoms in total. The van der Waals surface area contributed by atoms with Gasteiger partial charge in [0, 0.05) is 25.0 Å². The number of benzene rings is 1. The molecule has 0 bridgehead atoms. The molecule has 2 rings (SSSR count). The second-order valence-electron chi connectivity index (χ2n) is 6.44. The van der Waals surface area contributed by atoms with Crippen LogP contribution in [0.4, 0.5) is 5.69 Å². The van der Waals surface area contributed by atoms with Gasteiger partial charge in [-0.25, -0.2) is 0 Å². The van der Waals surface area contributed by atoms with Gasteiger partial charge in [0.15, 0.2) is 0 Å². The zero-order valence-corrected chi connectivity index (χ0v) is 14.5. The molecule has 1 aromatic rings. The van der Waals surface area contributed by atoms with Crippen LogP contribution >= 0.6 is 0 Å². The highest BCUT2D eigenvalue weighted by molar-refractivity contribution is 5.98. The first kappa shape index (κ1) is 18.9. The van der Waals surface area contributed by atoms with Crippen molar-refractivity contribution in [2.24, 2.45) is 5.41 Å². The van der Waals surface area contributed by atoms with Crippen LogP contribution < -0.4 is 10.6 Å². The number of carboxylic acid groups (broad SMARTS) is 1. The average Bonchev–Trinajstić information content (AvgIpc) is 2.54. The molecule has 0 saturated heterocycles. The van der Waals surface area contributed by atoms with Gasteiger partial charge in [0.05, 0.1) is 5.41 Å². The highest BCUT2D eigenvalue weighted by Crippen LogP contribution is 2.44. The number of ether oxygens (including phenoxy) is 1. The number of nitrogens with one attached hydrogen (secondary N) is 2. The minimum Gasteiger partial charge on any atom is -0.480 e. The van der Waals surface area contributed by atoms with E-state index in [4.69, 9.17) is 9.84 Å². The molecular formula is C18H24N2O5. The van der Waals surface area contributed by atoms with Crippen LogP contribution in [0.3, 0.4) is 0 Å². The molecule has 25 heavy (non-hydrogen) atoms. The van der Waals surface area contributed by atoms with Gasteiger partial charge in [-0.05, 0) is 50.5 Å². The van der Waals surface area contributed by atoms with Gasteiger partial charge in [-0.2, -0.15) is 0 Å². The monoisotopic (exact) mass is 348 g/mol. The number of carbonyl (C=O) groups is 3. The maximum atomic E-state index is 12.6. The molecule has 1 aliphatic carbocycles. The lowest BCUT2D eigenvalue weighted by Crippen LogP contribution is -2.42. The lowest BCUT2D eigenvalue weighted by Gasteiger charge is -2.40. The zero-order chi connectivity index (χ0) is 18.4. The zero-order valence-electron chi connectivity index (χ0n) is 14.5. The Bertz CT molecular complexity index is 637. The second kappa shape index (κ2) is 8.11. The van der Waals surface area contributed by atoms with Crippen molar-refractivity contribution in [3.8, 4) is 0 Å². The Labute approximate surface area is 146 Å². The summed E-state index contributed by atoms with van der Waals surface area (Å²) in [5.41, 5.74) is 0.587. The number of amides is 2. The van der Waals surface area contributed by atoms with Crippen molar-refractivity contribution in [3.05, 3.63) is 29.8 Å². The first-order valence-corrected chi connectivity index (χ1v) is 8.32. The van der Waals surface area contributed by atoms with Crippen LogP contribution in [0, 0.1) is 5.41 Å². The Balaban J connectivity index is 1.97. The molecule has 1 aliphatic rings. The number of hydrogen-bond acceptors (Lipinski definition) is 4. The van der Waals surface area contributed by atoms with Gasteiger partial charge in [0.1, 0.15) is 6.04 Å². The lowest BCUT2D eigenvalue weighted by molar-refractivity contribution is -0.138. The van der Waals surface area contributed by atoms with Crippen molar-refractivity contribution >= 4 is 23.5 Å². The quantitative estimate of drug-likeness (QED) is 0.667. The molecule has 2 amide bonds. The molecule has 136 valence electrons. The van der Waals surface area contributed by atoms with Crippen molar-refractivity contribution < 1.29 is 24.2 Å². The summed E-state index contributed by atoms with van der Waals surface area (Å²) < 4.78 is 5.10. The molecule has 1 fully saturated rings. The summed E-state index contributed by atoms with van der Waals surface area (Å²) >= 11 is 0. The van der Waals surface area contributed by atoms with Crippen molar-refractivity contribution in [2.75, 3.05) is 19.0 Å². The third-order valence-electron chi connectivity index (χ3n) is 4.70. The first-order valence-electron chi connectivity index (χ1n) is 8.32. The Hall–Kier alpha value is -2.41. The van der Waals surface area contributed by atoms with E-state index < -0.39 is 17.9 Å². The summed E-state index contributed by atoms with van der Waals surface area (Å²) in [5.74, 6) is -1.59. The normalized spacial score (nSPS) is 16.4. The number of carboxylic acids is 1. The SMILES string of the molecule is COCCC1(C(=O)Nc2ccc(C(=O)NC(C)C(=O)O)cc2)CCC1. The summed E-state index contributed by atoms with van der Waals surface area (Å²) in [6.07, 6.45) is 3.45. The van der Waals surface area contributed by atoms with Gasteiger partial charge in [0.2, 0.25) is 5.91 Å². The predicted octanol–water partition coefficient (Wildman–Crippen LogP) is 2.03. The molecule has 0 heterocycles. The maximum absolute atomic E-state index is 12.6. The Morgan fingerprint density at radius 1 is 1.24 bits per heavy atom. The van der Waals surface area contributed by atoms with E-state index >= 15 is 0 Å². The molecule has 1 atom stereocenters. The van der Waals surface area contributed by atoms with E-state index in [1.165, 1.54) is 6.92 Å². The molecule has 3 N–H and O–H groups in total. The molecule has 0 spiro atoms. The smallest absolute Gasteiger partial charge is 0.325 e. The van der Waals surface area contributed by atoms with Crippen LogP contribution in [0.15, 0.2) is 24.3 Å². The highest BCUT2D eigenvalue weighted by Gasteiger charge is 2.43.